The molecule has 0 aromatic rings. The molecule has 14 heavy (non-hydrogen) atoms. The molecule has 1 N–H and O–H groups in total. The minimum absolute atomic E-state index is 0. The van der Waals surface area contributed by atoms with Crippen molar-refractivity contribution in [3.8, 4) is 0 Å². The Balaban J connectivity index is 0.000000980. The summed E-state index contributed by atoms with van der Waals surface area (Å²) in [6, 6.07) is 0. The van der Waals surface area contributed by atoms with E-state index in [2.05, 4.69) is 17.3 Å². The minimum atomic E-state index is -0.616. The second-order valence-corrected chi connectivity index (χ2v) is 4.50. The third kappa shape index (κ3) is 2.20. The summed E-state index contributed by atoms with van der Waals surface area (Å²) in [7, 11) is 2.11. The second-order valence-electron chi connectivity index (χ2n) is 4.50. The lowest BCUT2D eigenvalue weighted by Gasteiger charge is -2.46. The van der Waals surface area contributed by atoms with Crippen LogP contribution < -0.4 is 5.32 Å². The van der Waals surface area contributed by atoms with Gasteiger partial charge < -0.3 is 10.2 Å². The summed E-state index contributed by atoms with van der Waals surface area (Å²) in [4.78, 5) is 2.29. The molecule has 4 heteroatoms. The van der Waals surface area contributed by atoms with E-state index in [-0.39, 0.29) is 17.9 Å². The fourth-order valence-corrected chi connectivity index (χ4v) is 2.51. The highest BCUT2D eigenvalue weighted by molar-refractivity contribution is 5.85. The average Bonchev–Trinajstić information content (AvgIpc) is 2.15. The van der Waals surface area contributed by atoms with Crippen LogP contribution in [0.15, 0.2) is 0 Å². The molecule has 2 rings (SSSR count). The molecular formula is C10H20ClFN2. The fraction of sp³-hybridized carbons (Fsp3) is 1.00. The zero-order valence-electron chi connectivity index (χ0n) is 8.76. The molecule has 0 bridgehead atoms. The highest BCUT2D eigenvalue weighted by atomic mass is 35.5. The minimum Gasteiger partial charge on any atom is -0.309 e. The Bertz CT molecular complexity index is 181. The first-order valence-corrected chi connectivity index (χ1v) is 5.31. The molecule has 2 aliphatic rings. The molecule has 0 radical (unpaired) electrons. The van der Waals surface area contributed by atoms with Crippen LogP contribution in [0.3, 0.4) is 0 Å². The predicted octanol–water partition coefficient (Wildman–Crippen LogP) is 1.59. The molecule has 2 aliphatic heterocycles. The molecule has 0 amide bonds. The lowest BCUT2D eigenvalue weighted by Crippen LogP contribution is -2.60. The Labute approximate surface area is 91.6 Å². The zero-order valence-corrected chi connectivity index (χ0v) is 9.58. The topological polar surface area (TPSA) is 15.3 Å². The van der Waals surface area contributed by atoms with Gasteiger partial charge in [-0.15, -0.1) is 12.4 Å². The van der Waals surface area contributed by atoms with Gasteiger partial charge in [0.1, 0.15) is 6.17 Å². The largest absolute Gasteiger partial charge is 0.309 e. The Morgan fingerprint density at radius 1 is 1.36 bits per heavy atom. The van der Waals surface area contributed by atoms with Gasteiger partial charge in [-0.3, -0.25) is 0 Å². The quantitative estimate of drug-likeness (QED) is 0.670. The maximum absolute atomic E-state index is 13.8. The van der Waals surface area contributed by atoms with Gasteiger partial charge in [-0.2, -0.15) is 0 Å². The van der Waals surface area contributed by atoms with Crippen molar-refractivity contribution in [2.45, 2.75) is 37.4 Å². The third-order valence-corrected chi connectivity index (χ3v) is 3.59. The van der Waals surface area contributed by atoms with Crippen LogP contribution in [0.5, 0.6) is 0 Å². The predicted molar refractivity (Wildman–Crippen MR) is 58.8 cm³/mol. The maximum Gasteiger partial charge on any atom is 0.118 e. The molecular weight excluding hydrogens is 203 g/mol. The van der Waals surface area contributed by atoms with E-state index in [1.807, 2.05) is 0 Å². The number of nitrogens with one attached hydrogen (secondary N) is 1. The van der Waals surface area contributed by atoms with Crippen LogP contribution in [0.1, 0.15) is 25.7 Å². The van der Waals surface area contributed by atoms with Crippen molar-refractivity contribution in [1.82, 2.24) is 10.2 Å². The SMILES string of the molecule is CN1CCC2(CC1)NCCCC2F.Cl. The van der Waals surface area contributed by atoms with Crippen LogP contribution in [0.2, 0.25) is 0 Å². The normalized spacial score (nSPS) is 32.6. The van der Waals surface area contributed by atoms with Crippen LogP contribution in [-0.2, 0) is 0 Å². The number of hydrogen-bond acceptors (Lipinski definition) is 2. The number of likely N-dealkylation sites (tertiary alicyclic amines) is 1. The molecule has 84 valence electrons. The van der Waals surface area contributed by atoms with Crippen LogP contribution in [0.25, 0.3) is 0 Å². The van der Waals surface area contributed by atoms with E-state index in [1.165, 1.54) is 0 Å². The molecule has 2 nitrogen and oxygen atoms in total. The van der Waals surface area contributed by atoms with E-state index in [4.69, 9.17) is 0 Å². The number of alkyl halides is 1. The van der Waals surface area contributed by atoms with Crippen molar-refractivity contribution in [3.63, 3.8) is 0 Å². The molecule has 0 aromatic heterocycles. The van der Waals surface area contributed by atoms with Crippen molar-refractivity contribution in [3.05, 3.63) is 0 Å². The summed E-state index contributed by atoms with van der Waals surface area (Å²) in [6.07, 6.45) is 3.10. The van der Waals surface area contributed by atoms with Gasteiger partial charge >= 0.3 is 0 Å². The van der Waals surface area contributed by atoms with Crippen molar-refractivity contribution in [2.75, 3.05) is 26.7 Å². The number of hydrogen-bond donors (Lipinski definition) is 1. The van der Waals surface area contributed by atoms with E-state index < -0.39 is 6.17 Å². The van der Waals surface area contributed by atoms with E-state index in [0.717, 1.165) is 45.3 Å². The molecule has 0 aliphatic carbocycles. The fourth-order valence-electron chi connectivity index (χ4n) is 2.51. The lowest BCUT2D eigenvalue weighted by molar-refractivity contribution is 0.0482. The van der Waals surface area contributed by atoms with Crippen LogP contribution in [-0.4, -0.2) is 43.3 Å². The van der Waals surface area contributed by atoms with E-state index >= 15 is 0 Å². The summed E-state index contributed by atoms with van der Waals surface area (Å²) in [5.74, 6) is 0. The van der Waals surface area contributed by atoms with Crippen molar-refractivity contribution in [1.29, 1.82) is 0 Å². The molecule has 2 fully saturated rings. The molecule has 2 saturated heterocycles. The van der Waals surface area contributed by atoms with Crippen molar-refractivity contribution in [2.24, 2.45) is 0 Å². The monoisotopic (exact) mass is 222 g/mol. The molecule has 0 saturated carbocycles. The summed E-state index contributed by atoms with van der Waals surface area (Å²) in [5, 5.41) is 3.40. The average molecular weight is 223 g/mol. The maximum atomic E-state index is 13.8. The smallest absolute Gasteiger partial charge is 0.118 e. The van der Waals surface area contributed by atoms with Crippen molar-refractivity contribution < 1.29 is 4.39 Å². The molecule has 2 heterocycles. The van der Waals surface area contributed by atoms with Crippen LogP contribution in [0, 0.1) is 0 Å². The van der Waals surface area contributed by atoms with Gasteiger partial charge in [0.15, 0.2) is 0 Å². The zero-order chi connectivity index (χ0) is 9.31. The summed E-state index contributed by atoms with van der Waals surface area (Å²) < 4.78 is 13.8. The Morgan fingerprint density at radius 2 is 2.00 bits per heavy atom. The Hall–Kier alpha value is 0.140. The number of nitrogens with zero attached hydrogens (tertiary/aromatic N) is 1. The third-order valence-electron chi connectivity index (χ3n) is 3.59. The lowest BCUT2D eigenvalue weighted by atomic mass is 9.79. The first kappa shape index (κ1) is 12.2. The molecule has 1 unspecified atom stereocenters. The summed E-state index contributed by atoms with van der Waals surface area (Å²) in [6.45, 7) is 3.07. The van der Waals surface area contributed by atoms with E-state index in [9.17, 15) is 4.39 Å². The second kappa shape index (κ2) is 4.77. The number of rotatable bonds is 0. The van der Waals surface area contributed by atoms with Gasteiger partial charge in [-0.05, 0) is 52.4 Å². The van der Waals surface area contributed by atoms with Gasteiger partial charge in [-0.25, -0.2) is 4.39 Å². The van der Waals surface area contributed by atoms with E-state index in [0.29, 0.717) is 0 Å². The van der Waals surface area contributed by atoms with Crippen LogP contribution >= 0.6 is 12.4 Å². The van der Waals surface area contributed by atoms with Gasteiger partial charge in [0.2, 0.25) is 0 Å². The van der Waals surface area contributed by atoms with Crippen molar-refractivity contribution >= 4 is 12.4 Å². The van der Waals surface area contributed by atoms with Gasteiger partial charge in [-0.1, -0.05) is 0 Å². The summed E-state index contributed by atoms with van der Waals surface area (Å²) >= 11 is 0. The van der Waals surface area contributed by atoms with Gasteiger partial charge in [0.25, 0.3) is 0 Å². The van der Waals surface area contributed by atoms with Crippen LogP contribution in [0.4, 0.5) is 4.39 Å². The standard InChI is InChI=1S/C10H19FN2.ClH/c1-13-7-4-10(5-8-13)9(11)3-2-6-12-10;/h9,12H,2-8H2,1H3;1H. The Kier molecular flexibility index (Phi) is 4.16. The van der Waals surface area contributed by atoms with Gasteiger partial charge in [0, 0.05) is 0 Å². The first-order valence-electron chi connectivity index (χ1n) is 5.31. The highest BCUT2D eigenvalue weighted by Gasteiger charge is 2.42. The highest BCUT2D eigenvalue weighted by Crippen LogP contribution is 2.32. The van der Waals surface area contributed by atoms with Gasteiger partial charge in [0.05, 0.1) is 5.54 Å². The number of piperidine rings is 2. The first-order chi connectivity index (χ1) is 6.23. The molecule has 1 atom stereocenters. The number of halogens is 2. The summed E-state index contributed by atoms with van der Waals surface area (Å²) in [5.41, 5.74) is -0.162. The Morgan fingerprint density at radius 3 is 2.57 bits per heavy atom. The molecule has 1 spiro atoms. The van der Waals surface area contributed by atoms with E-state index in [1.54, 1.807) is 0 Å². The molecule has 0 aromatic carbocycles.